The van der Waals surface area contributed by atoms with E-state index in [1.54, 1.807) is 0 Å². The quantitative estimate of drug-likeness (QED) is 0.638. The van der Waals surface area contributed by atoms with E-state index in [-0.39, 0.29) is 12.2 Å². The van der Waals surface area contributed by atoms with Gasteiger partial charge in [0.15, 0.2) is 17.5 Å². The summed E-state index contributed by atoms with van der Waals surface area (Å²) < 4.78 is 52.8. The normalized spacial score (nSPS) is 10.6. The van der Waals surface area contributed by atoms with Crippen LogP contribution in [0.15, 0.2) is 34.8 Å². The van der Waals surface area contributed by atoms with Crippen LogP contribution in [0.1, 0.15) is 5.56 Å². The molecule has 0 unspecified atom stereocenters. The molecule has 0 amide bonds. The number of halogens is 5. The highest BCUT2D eigenvalue weighted by Gasteiger charge is 2.13. The molecule has 1 nitrogen and oxygen atoms in total. The largest absolute Gasteiger partial charge is 0.378 e. The third kappa shape index (κ3) is 3.07. The molecule has 2 aromatic rings. The Labute approximate surface area is 115 Å². The lowest BCUT2D eigenvalue weighted by Crippen LogP contribution is -2.04. The first-order valence-electron chi connectivity index (χ1n) is 5.30. The third-order valence-electron chi connectivity index (χ3n) is 2.51. The number of nitrogens with one attached hydrogen (secondary N) is 1. The van der Waals surface area contributed by atoms with Gasteiger partial charge in [0.25, 0.3) is 0 Å². The molecule has 0 heterocycles. The van der Waals surface area contributed by atoms with E-state index in [1.807, 2.05) is 0 Å². The van der Waals surface area contributed by atoms with Crippen LogP contribution in [-0.4, -0.2) is 0 Å². The molecule has 0 aliphatic heterocycles. The van der Waals surface area contributed by atoms with Gasteiger partial charge in [-0.3, -0.25) is 0 Å². The molecule has 2 aromatic carbocycles. The molecule has 0 aromatic heterocycles. The first-order chi connectivity index (χ1) is 8.99. The highest BCUT2D eigenvalue weighted by Crippen LogP contribution is 2.22. The topological polar surface area (TPSA) is 12.0 Å². The molecule has 0 fully saturated rings. The Morgan fingerprint density at radius 1 is 0.947 bits per heavy atom. The molecular weight excluding hydrogens is 326 g/mol. The highest BCUT2D eigenvalue weighted by atomic mass is 79.9. The van der Waals surface area contributed by atoms with Crippen molar-refractivity contribution >= 4 is 21.6 Å². The van der Waals surface area contributed by atoms with Gasteiger partial charge >= 0.3 is 0 Å². The van der Waals surface area contributed by atoms with Crippen LogP contribution in [0.2, 0.25) is 0 Å². The van der Waals surface area contributed by atoms with Gasteiger partial charge < -0.3 is 5.32 Å². The van der Waals surface area contributed by atoms with Crippen molar-refractivity contribution in [2.75, 3.05) is 5.32 Å². The van der Waals surface area contributed by atoms with Gasteiger partial charge in [-0.25, -0.2) is 17.6 Å². The van der Waals surface area contributed by atoms with Gasteiger partial charge in [-0.2, -0.15) is 0 Å². The minimum absolute atomic E-state index is 0.0698. The fraction of sp³-hybridized carbons (Fsp3) is 0.0769. The zero-order valence-electron chi connectivity index (χ0n) is 9.48. The van der Waals surface area contributed by atoms with Crippen molar-refractivity contribution in [2.24, 2.45) is 0 Å². The van der Waals surface area contributed by atoms with Gasteiger partial charge in [0, 0.05) is 11.0 Å². The molecule has 100 valence electrons. The van der Waals surface area contributed by atoms with E-state index in [9.17, 15) is 17.6 Å². The second-order valence-corrected chi connectivity index (χ2v) is 4.67. The van der Waals surface area contributed by atoms with E-state index >= 15 is 0 Å². The predicted octanol–water partition coefficient (Wildman–Crippen LogP) is 4.62. The Balaban J connectivity index is 2.19. The number of rotatable bonds is 3. The molecule has 1 N–H and O–H groups in total. The van der Waals surface area contributed by atoms with Crippen molar-refractivity contribution in [1.29, 1.82) is 0 Å². The number of benzene rings is 2. The summed E-state index contributed by atoms with van der Waals surface area (Å²) in [5.74, 6) is -4.53. The Morgan fingerprint density at radius 2 is 1.68 bits per heavy atom. The molecule has 0 saturated heterocycles. The second kappa shape index (κ2) is 5.61. The second-order valence-electron chi connectivity index (χ2n) is 3.81. The molecule has 0 spiro atoms. The van der Waals surface area contributed by atoms with Crippen LogP contribution >= 0.6 is 15.9 Å². The van der Waals surface area contributed by atoms with Crippen LogP contribution in [-0.2, 0) is 6.54 Å². The Kier molecular flexibility index (Phi) is 4.09. The van der Waals surface area contributed by atoms with Crippen molar-refractivity contribution in [1.82, 2.24) is 0 Å². The average molecular weight is 334 g/mol. The first-order valence-corrected chi connectivity index (χ1v) is 6.09. The maximum absolute atomic E-state index is 13.4. The Hall–Kier alpha value is -1.56. The molecule has 2 rings (SSSR count). The van der Waals surface area contributed by atoms with Gasteiger partial charge in [0.1, 0.15) is 5.82 Å². The average Bonchev–Trinajstić information content (AvgIpc) is 2.39. The van der Waals surface area contributed by atoms with E-state index in [0.29, 0.717) is 10.0 Å². The van der Waals surface area contributed by atoms with Gasteiger partial charge in [0.2, 0.25) is 0 Å². The molecule has 0 saturated carbocycles. The number of hydrogen-bond donors (Lipinski definition) is 1. The van der Waals surface area contributed by atoms with Crippen LogP contribution in [0, 0.1) is 23.3 Å². The summed E-state index contributed by atoms with van der Waals surface area (Å²) in [7, 11) is 0. The molecule has 0 bridgehead atoms. The lowest BCUT2D eigenvalue weighted by atomic mass is 10.2. The summed E-state index contributed by atoms with van der Waals surface area (Å²) in [5, 5.41) is 2.59. The molecule has 0 aliphatic carbocycles. The maximum Gasteiger partial charge on any atom is 0.196 e. The zero-order chi connectivity index (χ0) is 14.0. The molecular formula is C13H8BrF4N. The lowest BCUT2D eigenvalue weighted by molar-refractivity contribution is 0.449. The summed E-state index contributed by atoms with van der Waals surface area (Å²) in [6, 6.07) is 5.94. The fourth-order valence-corrected chi connectivity index (χ4v) is 1.92. The van der Waals surface area contributed by atoms with Crippen LogP contribution in [0.5, 0.6) is 0 Å². The summed E-state index contributed by atoms with van der Waals surface area (Å²) in [6.07, 6.45) is 0. The fourth-order valence-electron chi connectivity index (χ4n) is 1.53. The lowest BCUT2D eigenvalue weighted by Gasteiger charge is -2.10. The highest BCUT2D eigenvalue weighted by molar-refractivity contribution is 9.10. The van der Waals surface area contributed by atoms with Crippen molar-refractivity contribution in [2.45, 2.75) is 6.54 Å². The van der Waals surface area contributed by atoms with Crippen molar-refractivity contribution in [3.05, 3.63) is 63.6 Å². The molecule has 0 atom stereocenters. The van der Waals surface area contributed by atoms with E-state index in [0.717, 1.165) is 12.1 Å². The summed E-state index contributed by atoms with van der Waals surface area (Å²) >= 11 is 3.21. The zero-order valence-corrected chi connectivity index (χ0v) is 11.1. The number of anilines is 1. The van der Waals surface area contributed by atoms with Crippen molar-refractivity contribution in [3.63, 3.8) is 0 Å². The minimum atomic E-state index is -1.54. The summed E-state index contributed by atoms with van der Waals surface area (Å²) in [4.78, 5) is 0. The third-order valence-corrected chi connectivity index (χ3v) is 3.29. The van der Waals surface area contributed by atoms with Crippen LogP contribution in [0.4, 0.5) is 23.2 Å². The van der Waals surface area contributed by atoms with E-state index in [2.05, 4.69) is 21.2 Å². The molecule has 19 heavy (non-hydrogen) atoms. The smallest absolute Gasteiger partial charge is 0.196 e. The molecule has 0 aliphatic rings. The maximum atomic E-state index is 13.4. The predicted molar refractivity (Wildman–Crippen MR) is 67.7 cm³/mol. The standard InChI is InChI=1S/C13H8BrF4N/c14-9-2-1-8(15)5-7(9)6-19-11-4-3-10(16)12(17)13(11)18/h1-5,19H,6H2. The van der Waals surface area contributed by atoms with Crippen LogP contribution in [0.25, 0.3) is 0 Å². The first kappa shape index (κ1) is 13.9. The molecule has 6 heteroatoms. The SMILES string of the molecule is Fc1ccc(Br)c(CNc2ccc(F)c(F)c2F)c1. The van der Waals surface area contributed by atoms with Crippen LogP contribution < -0.4 is 5.32 Å². The van der Waals surface area contributed by atoms with Gasteiger partial charge in [0.05, 0.1) is 5.69 Å². The van der Waals surface area contributed by atoms with E-state index in [1.165, 1.54) is 18.2 Å². The van der Waals surface area contributed by atoms with Crippen LogP contribution in [0.3, 0.4) is 0 Å². The van der Waals surface area contributed by atoms with E-state index in [4.69, 9.17) is 0 Å². The van der Waals surface area contributed by atoms with Crippen molar-refractivity contribution < 1.29 is 17.6 Å². The van der Waals surface area contributed by atoms with Crippen molar-refractivity contribution in [3.8, 4) is 0 Å². The van der Waals surface area contributed by atoms with Gasteiger partial charge in [-0.05, 0) is 35.9 Å². The van der Waals surface area contributed by atoms with Gasteiger partial charge in [-0.1, -0.05) is 15.9 Å². The summed E-state index contributed by atoms with van der Waals surface area (Å²) in [5.41, 5.74) is 0.346. The van der Waals surface area contributed by atoms with Gasteiger partial charge in [-0.15, -0.1) is 0 Å². The Bertz CT molecular complexity index is 616. The molecule has 0 radical (unpaired) electrons. The Morgan fingerprint density at radius 3 is 2.42 bits per heavy atom. The van der Waals surface area contributed by atoms with E-state index < -0.39 is 23.3 Å². The summed E-state index contributed by atoms with van der Waals surface area (Å²) in [6.45, 7) is 0.0698. The monoisotopic (exact) mass is 333 g/mol. The number of hydrogen-bond acceptors (Lipinski definition) is 1. The minimum Gasteiger partial charge on any atom is -0.378 e.